The number of pyridine rings is 1. The fourth-order valence-electron chi connectivity index (χ4n) is 1.85. The number of rotatable bonds is 3. The molecule has 1 heterocycles. The number of hydrogen-bond acceptors (Lipinski definition) is 2. The molecule has 21 heavy (non-hydrogen) atoms. The lowest BCUT2D eigenvalue weighted by Gasteiger charge is -2.12. The van der Waals surface area contributed by atoms with Crippen molar-refractivity contribution in [2.24, 2.45) is 0 Å². The topological polar surface area (TPSA) is 59.3 Å². The fraction of sp³-hybridized carbons (Fsp3) is 0.0667. The van der Waals surface area contributed by atoms with Crippen molar-refractivity contribution in [2.45, 2.75) is 6.92 Å². The molecule has 0 unspecified atom stereocenters. The summed E-state index contributed by atoms with van der Waals surface area (Å²) in [5, 5.41) is 8.59. The average Bonchev–Trinajstić information content (AvgIpc) is 2.41. The minimum atomic E-state index is -1.19. The number of aryl methyl sites for hydroxylation is 1. The Morgan fingerprint density at radius 3 is 2.57 bits per heavy atom. The van der Waals surface area contributed by atoms with Crippen LogP contribution < -0.4 is 5.43 Å². The van der Waals surface area contributed by atoms with Crippen molar-refractivity contribution >= 4 is 12.0 Å². The summed E-state index contributed by atoms with van der Waals surface area (Å²) >= 11 is 0. The van der Waals surface area contributed by atoms with Gasteiger partial charge in [0.05, 0.1) is 0 Å². The molecule has 4 nitrogen and oxygen atoms in total. The molecule has 0 aliphatic carbocycles. The molecule has 1 aromatic heterocycles. The predicted octanol–water partition coefficient (Wildman–Crippen LogP) is 2.52. The lowest BCUT2D eigenvalue weighted by atomic mass is 10.2. The minimum Gasteiger partial charge on any atom is -0.478 e. The summed E-state index contributed by atoms with van der Waals surface area (Å²) < 4.78 is 27.7. The Morgan fingerprint density at radius 2 is 1.95 bits per heavy atom. The second-order valence-corrected chi connectivity index (χ2v) is 4.37. The van der Waals surface area contributed by atoms with Crippen LogP contribution in [0.4, 0.5) is 8.78 Å². The van der Waals surface area contributed by atoms with E-state index in [2.05, 4.69) is 0 Å². The maximum atomic E-state index is 13.3. The lowest BCUT2D eigenvalue weighted by molar-refractivity contribution is -0.131. The summed E-state index contributed by atoms with van der Waals surface area (Å²) in [7, 11) is 0. The maximum Gasteiger partial charge on any atom is 0.328 e. The molecular weight excluding hydrogens is 280 g/mol. The molecule has 0 spiro atoms. The molecule has 1 N–H and O–H groups in total. The first kappa shape index (κ1) is 14.6. The summed E-state index contributed by atoms with van der Waals surface area (Å²) in [6, 6.07) is 4.63. The summed E-state index contributed by atoms with van der Waals surface area (Å²) in [5.41, 5.74) is 0.617. The van der Waals surface area contributed by atoms with E-state index in [1.165, 1.54) is 22.9 Å². The van der Waals surface area contributed by atoms with Gasteiger partial charge in [0.2, 0.25) is 0 Å². The third kappa shape index (κ3) is 3.22. The summed E-state index contributed by atoms with van der Waals surface area (Å²) in [6.07, 6.45) is 3.37. The zero-order valence-electron chi connectivity index (χ0n) is 11.0. The molecule has 0 radical (unpaired) electrons. The van der Waals surface area contributed by atoms with Gasteiger partial charge >= 0.3 is 5.97 Å². The monoisotopic (exact) mass is 291 g/mol. The Morgan fingerprint density at radius 1 is 1.24 bits per heavy atom. The van der Waals surface area contributed by atoms with E-state index in [1.807, 2.05) is 0 Å². The smallest absolute Gasteiger partial charge is 0.328 e. The molecule has 6 heteroatoms. The molecule has 2 aromatic rings. The molecule has 1 aromatic carbocycles. The number of nitrogens with zero attached hydrogens (tertiary/aromatic N) is 1. The van der Waals surface area contributed by atoms with Crippen LogP contribution in [0.2, 0.25) is 0 Å². The van der Waals surface area contributed by atoms with E-state index in [0.717, 1.165) is 24.3 Å². The second kappa shape index (κ2) is 5.70. The highest BCUT2D eigenvalue weighted by molar-refractivity contribution is 5.85. The largest absolute Gasteiger partial charge is 0.478 e. The fourth-order valence-corrected chi connectivity index (χ4v) is 1.85. The molecule has 0 aliphatic rings. The van der Waals surface area contributed by atoms with Crippen molar-refractivity contribution in [3.8, 4) is 5.69 Å². The van der Waals surface area contributed by atoms with Crippen LogP contribution in [-0.2, 0) is 4.79 Å². The van der Waals surface area contributed by atoms with Gasteiger partial charge in [-0.25, -0.2) is 13.6 Å². The average molecular weight is 291 g/mol. The molecule has 2 rings (SSSR count). The van der Waals surface area contributed by atoms with Gasteiger partial charge in [0.1, 0.15) is 0 Å². The predicted molar refractivity (Wildman–Crippen MR) is 73.4 cm³/mol. The van der Waals surface area contributed by atoms with E-state index < -0.39 is 17.6 Å². The van der Waals surface area contributed by atoms with Gasteiger partial charge in [-0.2, -0.15) is 0 Å². The van der Waals surface area contributed by atoms with Crippen LogP contribution in [0, 0.1) is 18.6 Å². The first-order chi connectivity index (χ1) is 9.88. The number of aliphatic carboxylic acids is 1. The third-order valence-corrected chi connectivity index (χ3v) is 2.86. The van der Waals surface area contributed by atoms with Crippen molar-refractivity contribution in [3.05, 3.63) is 69.7 Å². The van der Waals surface area contributed by atoms with E-state index in [1.54, 1.807) is 6.92 Å². The zero-order valence-corrected chi connectivity index (χ0v) is 11.0. The number of carboxylic acid groups (broad SMARTS) is 1. The normalized spacial score (nSPS) is 11.0. The van der Waals surface area contributed by atoms with Crippen LogP contribution in [0.15, 0.2) is 41.3 Å². The van der Waals surface area contributed by atoms with Crippen LogP contribution in [0.5, 0.6) is 0 Å². The van der Waals surface area contributed by atoms with Gasteiger partial charge in [-0.3, -0.25) is 4.79 Å². The van der Waals surface area contributed by atoms with Gasteiger partial charge in [0.25, 0.3) is 0 Å². The van der Waals surface area contributed by atoms with E-state index in [4.69, 9.17) is 5.11 Å². The standard InChI is InChI=1S/C15H11F2NO3/c1-9-6-14(19)10(2-5-15(20)21)8-18(9)11-3-4-12(16)13(17)7-11/h2-8H,1H3,(H,20,21)/b5-2+. The quantitative estimate of drug-likeness (QED) is 0.884. The number of carboxylic acids is 1. The number of carbonyl (C=O) groups is 1. The molecule has 0 atom stereocenters. The Labute approximate surface area is 118 Å². The van der Waals surface area contributed by atoms with Gasteiger partial charge in [-0.1, -0.05) is 0 Å². The first-order valence-corrected chi connectivity index (χ1v) is 5.98. The number of aromatic nitrogens is 1. The molecule has 0 bridgehead atoms. The van der Waals surface area contributed by atoms with Gasteiger partial charge in [0, 0.05) is 41.4 Å². The molecule has 0 amide bonds. The van der Waals surface area contributed by atoms with Crippen molar-refractivity contribution in [1.82, 2.24) is 4.57 Å². The van der Waals surface area contributed by atoms with Crippen molar-refractivity contribution in [2.75, 3.05) is 0 Å². The molecular formula is C15H11F2NO3. The van der Waals surface area contributed by atoms with Gasteiger partial charge in [-0.05, 0) is 25.1 Å². The summed E-state index contributed by atoms with van der Waals surface area (Å²) in [4.78, 5) is 22.3. The second-order valence-electron chi connectivity index (χ2n) is 4.37. The highest BCUT2D eigenvalue weighted by Crippen LogP contribution is 2.15. The summed E-state index contributed by atoms with van der Waals surface area (Å²) in [5.74, 6) is -3.16. The van der Waals surface area contributed by atoms with Crippen LogP contribution in [0.3, 0.4) is 0 Å². The van der Waals surface area contributed by atoms with Gasteiger partial charge in [-0.15, -0.1) is 0 Å². The Bertz CT molecular complexity index is 794. The van der Waals surface area contributed by atoms with E-state index >= 15 is 0 Å². The minimum absolute atomic E-state index is 0.132. The van der Waals surface area contributed by atoms with Gasteiger partial charge in [0.15, 0.2) is 17.1 Å². The first-order valence-electron chi connectivity index (χ1n) is 5.98. The Balaban J connectivity index is 2.58. The number of halogens is 2. The van der Waals surface area contributed by atoms with Crippen molar-refractivity contribution in [3.63, 3.8) is 0 Å². The Hall–Kier alpha value is -2.76. The van der Waals surface area contributed by atoms with E-state index in [0.29, 0.717) is 11.4 Å². The lowest BCUT2D eigenvalue weighted by Crippen LogP contribution is -2.12. The Kier molecular flexibility index (Phi) is 3.98. The van der Waals surface area contributed by atoms with Crippen LogP contribution in [0.25, 0.3) is 11.8 Å². The van der Waals surface area contributed by atoms with E-state index in [-0.39, 0.29) is 11.0 Å². The molecule has 0 saturated carbocycles. The van der Waals surface area contributed by atoms with Crippen LogP contribution in [-0.4, -0.2) is 15.6 Å². The van der Waals surface area contributed by atoms with Crippen molar-refractivity contribution in [1.29, 1.82) is 0 Å². The number of hydrogen-bond donors (Lipinski definition) is 1. The van der Waals surface area contributed by atoms with Gasteiger partial charge < -0.3 is 9.67 Å². The SMILES string of the molecule is Cc1cc(=O)c(/C=C/C(=O)O)cn1-c1ccc(F)c(F)c1. The zero-order chi connectivity index (χ0) is 15.6. The van der Waals surface area contributed by atoms with Crippen LogP contribution in [0.1, 0.15) is 11.3 Å². The third-order valence-electron chi connectivity index (χ3n) is 2.86. The van der Waals surface area contributed by atoms with Crippen LogP contribution >= 0.6 is 0 Å². The maximum absolute atomic E-state index is 13.3. The molecule has 108 valence electrons. The molecule has 0 saturated heterocycles. The van der Waals surface area contributed by atoms with Crippen molar-refractivity contribution < 1.29 is 18.7 Å². The van der Waals surface area contributed by atoms with E-state index in [9.17, 15) is 18.4 Å². The molecule has 0 fully saturated rings. The summed E-state index contributed by atoms with van der Waals surface area (Å²) in [6.45, 7) is 1.63. The molecule has 0 aliphatic heterocycles. The highest BCUT2D eigenvalue weighted by atomic mass is 19.2. The highest BCUT2D eigenvalue weighted by Gasteiger charge is 2.07. The number of benzene rings is 1.